The third-order valence-corrected chi connectivity index (χ3v) is 3.17. The van der Waals surface area contributed by atoms with Crippen LogP contribution in [0, 0.1) is 11.8 Å². The highest BCUT2D eigenvalue weighted by atomic mass is 19.4. The number of hydrogen-bond donors (Lipinski definition) is 1. The highest BCUT2D eigenvalue weighted by molar-refractivity contribution is 4.78. The standard InChI is InChI=1S/C10H18F3N/c1-7(6-10(11,12)13)8-2-4-9(14)5-3-8/h7-9H,2-6,14H2,1H3. The van der Waals surface area contributed by atoms with Crippen molar-refractivity contribution in [3.8, 4) is 0 Å². The molecule has 0 spiro atoms. The fourth-order valence-electron chi connectivity index (χ4n) is 2.25. The third kappa shape index (κ3) is 3.86. The summed E-state index contributed by atoms with van der Waals surface area (Å²) < 4.78 is 36.3. The summed E-state index contributed by atoms with van der Waals surface area (Å²) in [5.41, 5.74) is 5.70. The number of hydrogen-bond acceptors (Lipinski definition) is 1. The molecule has 0 saturated heterocycles. The van der Waals surface area contributed by atoms with Gasteiger partial charge in [-0.25, -0.2) is 0 Å². The van der Waals surface area contributed by atoms with E-state index < -0.39 is 12.6 Å². The van der Waals surface area contributed by atoms with Gasteiger partial charge in [0, 0.05) is 12.5 Å². The van der Waals surface area contributed by atoms with Crippen LogP contribution in [0.5, 0.6) is 0 Å². The maximum absolute atomic E-state index is 12.1. The molecule has 2 N–H and O–H groups in total. The van der Waals surface area contributed by atoms with Gasteiger partial charge in [0.25, 0.3) is 0 Å². The molecule has 0 aromatic rings. The largest absolute Gasteiger partial charge is 0.389 e. The summed E-state index contributed by atoms with van der Waals surface area (Å²) in [4.78, 5) is 0. The van der Waals surface area contributed by atoms with Crippen LogP contribution in [0.15, 0.2) is 0 Å². The first-order valence-corrected chi connectivity index (χ1v) is 5.21. The molecule has 1 aliphatic rings. The van der Waals surface area contributed by atoms with Crippen molar-refractivity contribution < 1.29 is 13.2 Å². The first-order valence-electron chi connectivity index (χ1n) is 5.21. The van der Waals surface area contributed by atoms with E-state index >= 15 is 0 Å². The fourth-order valence-corrected chi connectivity index (χ4v) is 2.25. The van der Waals surface area contributed by atoms with E-state index in [0.29, 0.717) is 0 Å². The predicted molar refractivity (Wildman–Crippen MR) is 49.8 cm³/mol. The maximum Gasteiger partial charge on any atom is 0.389 e. The molecule has 1 fully saturated rings. The van der Waals surface area contributed by atoms with Gasteiger partial charge in [-0.3, -0.25) is 0 Å². The molecule has 1 aliphatic carbocycles. The Hall–Kier alpha value is -0.250. The van der Waals surface area contributed by atoms with Crippen molar-refractivity contribution >= 4 is 0 Å². The van der Waals surface area contributed by atoms with Crippen LogP contribution in [0.3, 0.4) is 0 Å². The summed E-state index contributed by atoms with van der Waals surface area (Å²) >= 11 is 0. The van der Waals surface area contributed by atoms with Gasteiger partial charge in [-0.1, -0.05) is 6.92 Å². The number of rotatable bonds is 2. The van der Waals surface area contributed by atoms with Gasteiger partial charge in [0.15, 0.2) is 0 Å². The van der Waals surface area contributed by atoms with E-state index in [1.165, 1.54) is 0 Å². The number of halogens is 3. The average molecular weight is 209 g/mol. The summed E-state index contributed by atoms with van der Waals surface area (Å²) in [6.45, 7) is 1.70. The van der Waals surface area contributed by atoms with Gasteiger partial charge in [-0.2, -0.15) is 13.2 Å². The summed E-state index contributed by atoms with van der Waals surface area (Å²) in [7, 11) is 0. The Labute approximate surface area is 82.9 Å². The van der Waals surface area contributed by atoms with Crippen LogP contribution in [0.2, 0.25) is 0 Å². The molecule has 1 unspecified atom stereocenters. The Kier molecular flexibility index (Phi) is 3.81. The Balaban J connectivity index is 2.34. The number of nitrogens with two attached hydrogens (primary N) is 1. The van der Waals surface area contributed by atoms with Crippen LogP contribution in [-0.4, -0.2) is 12.2 Å². The lowest BCUT2D eigenvalue weighted by atomic mass is 9.78. The van der Waals surface area contributed by atoms with Crippen molar-refractivity contribution in [2.75, 3.05) is 0 Å². The second kappa shape index (κ2) is 4.51. The zero-order chi connectivity index (χ0) is 10.8. The van der Waals surface area contributed by atoms with Crippen molar-refractivity contribution in [1.82, 2.24) is 0 Å². The molecule has 4 heteroatoms. The Bertz CT molecular complexity index is 171. The lowest BCUT2D eigenvalue weighted by Crippen LogP contribution is -2.30. The highest BCUT2D eigenvalue weighted by Gasteiger charge is 2.34. The molecule has 0 aliphatic heterocycles. The zero-order valence-corrected chi connectivity index (χ0v) is 8.48. The van der Waals surface area contributed by atoms with E-state index in [0.717, 1.165) is 25.7 Å². The molecule has 0 aromatic heterocycles. The smallest absolute Gasteiger partial charge is 0.328 e. The Morgan fingerprint density at radius 3 is 2.14 bits per heavy atom. The molecular weight excluding hydrogens is 191 g/mol. The zero-order valence-electron chi connectivity index (χ0n) is 8.48. The molecule has 0 bridgehead atoms. The monoisotopic (exact) mass is 209 g/mol. The van der Waals surface area contributed by atoms with Gasteiger partial charge in [-0.15, -0.1) is 0 Å². The normalized spacial score (nSPS) is 31.5. The van der Waals surface area contributed by atoms with E-state index in [1.54, 1.807) is 6.92 Å². The van der Waals surface area contributed by atoms with Crippen LogP contribution in [-0.2, 0) is 0 Å². The quantitative estimate of drug-likeness (QED) is 0.743. The highest BCUT2D eigenvalue weighted by Crippen LogP contribution is 2.35. The van der Waals surface area contributed by atoms with Crippen molar-refractivity contribution in [1.29, 1.82) is 0 Å². The lowest BCUT2D eigenvalue weighted by molar-refractivity contribution is -0.147. The first kappa shape index (κ1) is 11.8. The minimum Gasteiger partial charge on any atom is -0.328 e. The summed E-state index contributed by atoms with van der Waals surface area (Å²) in [5, 5.41) is 0. The van der Waals surface area contributed by atoms with Crippen molar-refractivity contribution in [2.24, 2.45) is 17.6 Å². The molecular formula is C10H18F3N. The Morgan fingerprint density at radius 1 is 1.21 bits per heavy atom. The first-order chi connectivity index (χ1) is 6.38. The SMILES string of the molecule is CC(CC(F)(F)F)C1CCC(N)CC1. The predicted octanol–water partition coefficient (Wildman–Crippen LogP) is 3.09. The molecule has 0 heterocycles. The maximum atomic E-state index is 12.1. The minimum absolute atomic E-state index is 0.212. The van der Waals surface area contributed by atoms with E-state index in [-0.39, 0.29) is 17.9 Å². The van der Waals surface area contributed by atoms with Crippen molar-refractivity contribution in [3.05, 3.63) is 0 Å². The van der Waals surface area contributed by atoms with Gasteiger partial charge >= 0.3 is 6.18 Å². The topological polar surface area (TPSA) is 26.0 Å². The summed E-state index contributed by atoms with van der Waals surface area (Å²) in [6, 6.07) is 0.212. The molecule has 0 amide bonds. The molecule has 1 rings (SSSR count). The van der Waals surface area contributed by atoms with E-state index in [4.69, 9.17) is 5.73 Å². The third-order valence-electron chi connectivity index (χ3n) is 3.17. The van der Waals surface area contributed by atoms with Crippen LogP contribution in [0.4, 0.5) is 13.2 Å². The van der Waals surface area contributed by atoms with Gasteiger partial charge < -0.3 is 5.73 Å². The van der Waals surface area contributed by atoms with Crippen molar-refractivity contribution in [2.45, 2.75) is 51.2 Å². The van der Waals surface area contributed by atoms with E-state index in [1.807, 2.05) is 0 Å². The van der Waals surface area contributed by atoms with Gasteiger partial charge in [0.1, 0.15) is 0 Å². The second-order valence-corrected chi connectivity index (χ2v) is 4.47. The molecule has 1 saturated carbocycles. The average Bonchev–Trinajstić information content (AvgIpc) is 2.02. The Morgan fingerprint density at radius 2 is 1.71 bits per heavy atom. The van der Waals surface area contributed by atoms with Crippen LogP contribution < -0.4 is 5.73 Å². The van der Waals surface area contributed by atoms with E-state index in [2.05, 4.69) is 0 Å². The fraction of sp³-hybridized carbons (Fsp3) is 1.00. The molecule has 0 aromatic carbocycles. The van der Waals surface area contributed by atoms with Crippen LogP contribution in [0.1, 0.15) is 39.0 Å². The van der Waals surface area contributed by atoms with Crippen molar-refractivity contribution in [3.63, 3.8) is 0 Å². The van der Waals surface area contributed by atoms with Gasteiger partial charge in [-0.05, 0) is 37.5 Å². The minimum atomic E-state index is -4.01. The second-order valence-electron chi connectivity index (χ2n) is 4.47. The molecule has 14 heavy (non-hydrogen) atoms. The van der Waals surface area contributed by atoms with Crippen LogP contribution >= 0.6 is 0 Å². The molecule has 1 nitrogen and oxygen atoms in total. The molecule has 1 atom stereocenters. The van der Waals surface area contributed by atoms with Gasteiger partial charge in [0.05, 0.1) is 0 Å². The molecule has 0 radical (unpaired) electrons. The molecule has 84 valence electrons. The van der Waals surface area contributed by atoms with Crippen LogP contribution in [0.25, 0.3) is 0 Å². The summed E-state index contributed by atoms with van der Waals surface area (Å²) in [6.07, 6.45) is -1.18. The lowest BCUT2D eigenvalue weighted by Gasteiger charge is -2.31. The van der Waals surface area contributed by atoms with E-state index in [9.17, 15) is 13.2 Å². The summed E-state index contributed by atoms with van der Waals surface area (Å²) in [5.74, 6) is -0.0288. The number of alkyl halides is 3. The van der Waals surface area contributed by atoms with Gasteiger partial charge in [0.2, 0.25) is 0 Å².